The number of nitrogens with zero attached hydrogens (tertiary/aromatic N) is 1. The zero-order valence-electron chi connectivity index (χ0n) is 22.2. The van der Waals surface area contributed by atoms with Crippen molar-refractivity contribution < 1.29 is 4.74 Å². The van der Waals surface area contributed by atoms with Gasteiger partial charge in [0, 0.05) is 52.4 Å². The largest absolute Gasteiger partial charge is 0.472 e. The van der Waals surface area contributed by atoms with Crippen molar-refractivity contribution in [2.75, 3.05) is 29.5 Å². The Kier molecular flexibility index (Phi) is 5.60. The summed E-state index contributed by atoms with van der Waals surface area (Å²) in [5.74, 6) is 3.32. The maximum absolute atomic E-state index is 7.34. The van der Waals surface area contributed by atoms with Crippen molar-refractivity contribution in [2.45, 2.75) is 5.60 Å². The molecule has 3 heteroatoms. The summed E-state index contributed by atoms with van der Waals surface area (Å²) in [6.07, 6.45) is 4.50. The van der Waals surface area contributed by atoms with Crippen molar-refractivity contribution in [3.63, 3.8) is 0 Å². The van der Waals surface area contributed by atoms with E-state index in [-0.39, 0.29) is 0 Å². The van der Waals surface area contributed by atoms with Crippen molar-refractivity contribution >= 4 is 55.8 Å². The van der Waals surface area contributed by atoms with Crippen LogP contribution in [0.4, 0.5) is 5.69 Å². The molecule has 2 aliphatic heterocycles. The average molecular weight is 536 g/mol. The highest BCUT2D eigenvalue weighted by atomic mass is 32.2. The van der Waals surface area contributed by atoms with Gasteiger partial charge in [-0.2, -0.15) is 11.8 Å². The minimum Gasteiger partial charge on any atom is -0.472 e. The Morgan fingerprint density at radius 3 is 1.85 bits per heavy atom. The number of benzene rings is 6. The van der Waals surface area contributed by atoms with Gasteiger partial charge in [-0.15, -0.1) is 0 Å². The van der Waals surface area contributed by atoms with Gasteiger partial charge in [0.2, 0.25) is 0 Å². The Morgan fingerprint density at radius 1 is 0.575 bits per heavy atom. The summed E-state index contributed by atoms with van der Waals surface area (Å²) in [5.41, 5.74) is 3.93. The molecule has 6 aromatic rings. The standard InChI is InChI=1S/C37H29NOS/c1-2-8-27(9-3-1)37(28-15-17-29(18-16-28)38-22-24-40-25-23-38)21-20-26-14-19-34-32-12-5-4-10-30(32)31-11-6-7-13-33(31)35(34)36(26)39-37/h1-21H,22-25H2. The fraction of sp³-hybridized carbons (Fsp3) is 0.135. The lowest BCUT2D eigenvalue weighted by atomic mass is 9.82. The Balaban J connectivity index is 1.36. The molecule has 2 nitrogen and oxygen atoms in total. The first-order valence-corrected chi connectivity index (χ1v) is 15.2. The third-order valence-electron chi connectivity index (χ3n) is 8.53. The average Bonchev–Trinajstić information content (AvgIpc) is 3.05. The molecule has 6 aromatic carbocycles. The van der Waals surface area contributed by atoms with Crippen LogP contribution in [0.25, 0.3) is 38.4 Å². The quantitative estimate of drug-likeness (QED) is 0.210. The minimum absolute atomic E-state index is 0.731. The van der Waals surface area contributed by atoms with Crippen molar-refractivity contribution in [2.24, 2.45) is 0 Å². The highest BCUT2D eigenvalue weighted by molar-refractivity contribution is 7.99. The zero-order chi connectivity index (χ0) is 26.5. The SMILES string of the molecule is C1=CC(c2ccccc2)(c2ccc(N3CCSCC3)cc2)Oc2c1ccc1c3ccccc3c3ccccc3c21. The van der Waals surface area contributed by atoms with Crippen LogP contribution in [0.15, 0.2) is 121 Å². The molecule has 194 valence electrons. The molecular formula is C37H29NOS. The number of fused-ring (bicyclic) bond motifs is 8. The van der Waals surface area contributed by atoms with E-state index in [2.05, 4.69) is 132 Å². The summed E-state index contributed by atoms with van der Waals surface area (Å²) < 4.78 is 7.34. The second kappa shape index (κ2) is 9.46. The van der Waals surface area contributed by atoms with Crippen LogP contribution in [0, 0.1) is 0 Å². The van der Waals surface area contributed by atoms with Crippen LogP contribution in [0.5, 0.6) is 5.75 Å². The molecular weight excluding hydrogens is 506 g/mol. The lowest BCUT2D eigenvalue weighted by Crippen LogP contribution is -2.35. The summed E-state index contributed by atoms with van der Waals surface area (Å²) in [6, 6.07) is 41.7. The molecule has 1 atom stereocenters. The second-order valence-electron chi connectivity index (χ2n) is 10.7. The van der Waals surface area contributed by atoms with Gasteiger partial charge < -0.3 is 9.64 Å². The van der Waals surface area contributed by atoms with E-state index >= 15 is 0 Å². The van der Waals surface area contributed by atoms with E-state index in [1.807, 2.05) is 11.8 Å². The van der Waals surface area contributed by atoms with Gasteiger partial charge in [-0.25, -0.2) is 0 Å². The first-order valence-electron chi connectivity index (χ1n) is 14.0. The number of thioether (sulfide) groups is 1. The third-order valence-corrected chi connectivity index (χ3v) is 9.47. The van der Waals surface area contributed by atoms with Crippen LogP contribution in [0.2, 0.25) is 0 Å². The lowest BCUT2D eigenvalue weighted by molar-refractivity contribution is 0.164. The summed E-state index contributed by atoms with van der Waals surface area (Å²) >= 11 is 2.04. The van der Waals surface area contributed by atoms with E-state index < -0.39 is 5.60 Å². The molecule has 40 heavy (non-hydrogen) atoms. The van der Waals surface area contributed by atoms with Gasteiger partial charge in [-0.1, -0.05) is 109 Å². The maximum Gasteiger partial charge on any atom is 0.178 e. The molecule has 1 unspecified atom stereocenters. The van der Waals surface area contributed by atoms with Crippen LogP contribution in [-0.4, -0.2) is 24.6 Å². The normalized spacial score (nSPS) is 18.6. The van der Waals surface area contributed by atoms with E-state index in [0.717, 1.165) is 35.5 Å². The molecule has 0 aromatic heterocycles. The molecule has 0 aliphatic carbocycles. The lowest BCUT2D eigenvalue weighted by Gasteiger charge is -2.37. The predicted octanol–water partition coefficient (Wildman–Crippen LogP) is 9.05. The predicted molar refractivity (Wildman–Crippen MR) is 172 cm³/mol. The smallest absolute Gasteiger partial charge is 0.178 e. The number of anilines is 1. The topological polar surface area (TPSA) is 12.5 Å². The fourth-order valence-electron chi connectivity index (χ4n) is 6.53. The third kappa shape index (κ3) is 3.65. The van der Waals surface area contributed by atoms with Crippen molar-refractivity contribution in [3.8, 4) is 5.75 Å². The van der Waals surface area contributed by atoms with Crippen molar-refractivity contribution in [3.05, 3.63) is 138 Å². The molecule has 2 aliphatic rings. The van der Waals surface area contributed by atoms with Gasteiger partial charge in [0.15, 0.2) is 5.60 Å². The Bertz CT molecular complexity index is 1870. The minimum atomic E-state index is -0.731. The van der Waals surface area contributed by atoms with E-state index in [0.29, 0.717) is 0 Å². The molecule has 0 saturated carbocycles. The van der Waals surface area contributed by atoms with Gasteiger partial charge >= 0.3 is 0 Å². The molecule has 2 heterocycles. The van der Waals surface area contributed by atoms with Crippen LogP contribution in [-0.2, 0) is 5.60 Å². The Labute approximate surface area is 238 Å². The number of hydrogen-bond acceptors (Lipinski definition) is 3. The van der Waals surface area contributed by atoms with Crippen molar-refractivity contribution in [1.82, 2.24) is 0 Å². The Hall–Kier alpha value is -4.21. The fourth-order valence-corrected chi connectivity index (χ4v) is 7.43. The van der Waals surface area contributed by atoms with E-state index in [1.54, 1.807) is 0 Å². The summed E-state index contributed by atoms with van der Waals surface area (Å²) in [5, 5.41) is 7.42. The first-order chi connectivity index (χ1) is 19.8. The molecule has 0 amide bonds. The van der Waals surface area contributed by atoms with Crippen LogP contribution in [0.3, 0.4) is 0 Å². The molecule has 0 N–H and O–H groups in total. The van der Waals surface area contributed by atoms with E-state index in [9.17, 15) is 0 Å². The molecule has 0 radical (unpaired) electrons. The zero-order valence-corrected chi connectivity index (χ0v) is 23.0. The molecule has 0 spiro atoms. The van der Waals surface area contributed by atoms with Crippen LogP contribution in [0.1, 0.15) is 16.7 Å². The summed E-state index contributed by atoms with van der Waals surface area (Å²) in [6.45, 7) is 2.20. The van der Waals surface area contributed by atoms with Gasteiger partial charge in [0.1, 0.15) is 5.75 Å². The first kappa shape index (κ1) is 23.7. The van der Waals surface area contributed by atoms with Gasteiger partial charge in [-0.3, -0.25) is 0 Å². The number of hydrogen-bond donors (Lipinski definition) is 0. The molecule has 8 rings (SSSR count). The van der Waals surface area contributed by atoms with E-state index in [4.69, 9.17) is 4.74 Å². The molecule has 1 fully saturated rings. The van der Waals surface area contributed by atoms with E-state index in [1.165, 1.54) is 49.5 Å². The highest BCUT2D eigenvalue weighted by Crippen LogP contribution is 2.48. The van der Waals surface area contributed by atoms with Gasteiger partial charge in [0.05, 0.1) is 0 Å². The second-order valence-corrected chi connectivity index (χ2v) is 11.9. The van der Waals surface area contributed by atoms with Gasteiger partial charge in [-0.05, 0) is 45.1 Å². The van der Waals surface area contributed by atoms with Gasteiger partial charge in [0.25, 0.3) is 0 Å². The maximum atomic E-state index is 7.34. The monoisotopic (exact) mass is 535 g/mol. The number of ether oxygens (including phenoxy) is 1. The molecule has 0 bridgehead atoms. The Morgan fingerprint density at radius 2 is 1.15 bits per heavy atom. The van der Waals surface area contributed by atoms with Crippen LogP contribution >= 0.6 is 11.8 Å². The van der Waals surface area contributed by atoms with Crippen molar-refractivity contribution in [1.29, 1.82) is 0 Å². The molecule has 1 saturated heterocycles. The number of rotatable bonds is 3. The summed E-state index contributed by atoms with van der Waals surface area (Å²) in [4.78, 5) is 2.49. The highest BCUT2D eigenvalue weighted by Gasteiger charge is 2.38. The summed E-state index contributed by atoms with van der Waals surface area (Å²) in [7, 11) is 0. The van der Waals surface area contributed by atoms with Crippen LogP contribution < -0.4 is 9.64 Å².